The summed E-state index contributed by atoms with van der Waals surface area (Å²) in [6.45, 7) is 4.32. The highest BCUT2D eigenvalue weighted by Crippen LogP contribution is 2.43. The molecule has 2 nitrogen and oxygen atoms in total. The number of rotatable bonds is 5. The van der Waals surface area contributed by atoms with E-state index in [0.717, 1.165) is 13.1 Å². The van der Waals surface area contributed by atoms with Crippen molar-refractivity contribution in [3.63, 3.8) is 0 Å². The first kappa shape index (κ1) is 11.9. The summed E-state index contributed by atoms with van der Waals surface area (Å²) in [4.78, 5) is 4.07. The summed E-state index contributed by atoms with van der Waals surface area (Å²) in [7, 11) is 0. The quantitative estimate of drug-likeness (QED) is 0.796. The number of hydrogen-bond acceptors (Lipinski definition) is 2. The smallest absolute Gasteiger partial charge is 0.129 e. The predicted octanol–water partition coefficient (Wildman–Crippen LogP) is 3.40. The van der Waals surface area contributed by atoms with Gasteiger partial charge in [-0.3, -0.25) is 0 Å². The molecule has 0 atom stereocenters. The van der Waals surface area contributed by atoms with E-state index in [1.54, 1.807) is 0 Å². The Labute approximate surface area is 102 Å². The van der Waals surface area contributed by atoms with E-state index in [1.807, 2.05) is 18.3 Å². The SMILES string of the molecule is CCC1(CNCc2ccc(Cl)nc2)CCC1. The van der Waals surface area contributed by atoms with Crippen LogP contribution in [0.2, 0.25) is 5.15 Å². The minimum atomic E-state index is 0.563. The Hall–Kier alpha value is -0.600. The molecule has 2 rings (SSSR count). The average Bonchev–Trinajstić information content (AvgIpc) is 2.25. The van der Waals surface area contributed by atoms with Crippen molar-refractivity contribution in [2.45, 2.75) is 39.2 Å². The van der Waals surface area contributed by atoms with E-state index >= 15 is 0 Å². The molecule has 1 fully saturated rings. The lowest BCUT2D eigenvalue weighted by molar-refractivity contribution is 0.124. The van der Waals surface area contributed by atoms with Crippen LogP contribution in [0.1, 0.15) is 38.2 Å². The monoisotopic (exact) mass is 238 g/mol. The van der Waals surface area contributed by atoms with Crippen LogP contribution in [0.4, 0.5) is 0 Å². The van der Waals surface area contributed by atoms with Gasteiger partial charge in [-0.1, -0.05) is 31.0 Å². The Balaban J connectivity index is 1.77. The third-order valence-electron chi connectivity index (χ3n) is 3.78. The van der Waals surface area contributed by atoms with Crippen LogP contribution < -0.4 is 5.32 Å². The van der Waals surface area contributed by atoms with E-state index in [0.29, 0.717) is 10.6 Å². The molecule has 0 unspecified atom stereocenters. The van der Waals surface area contributed by atoms with Crippen molar-refractivity contribution in [2.75, 3.05) is 6.54 Å². The Morgan fingerprint density at radius 2 is 2.25 bits per heavy atom. The molecule has 88 valence electrons. The van der Waals surface area contributed by atoms with Crippen molar-refractivity contribution in [1.29, 1.82) is 0 Å². The zero-order valence-electron chi connectivity index (χ0n) is 9.80. The van der Waals surface area contributed by atoms with E-state index in [9.17, 15) is 0 Å². The summed E-state index contributed by atoms with van der Waals surface area (Å²) >= 11 is 5.74. The van der Waals surface area contributed by atoms with Crippen molar-refractivity contribution < 1.29 is 0 Å². The molecule has 0 saturated heterocycles. The largest absolute Gasteiger partial charge is 0.312 e. The summed E-state index contributed by atoms with van der Waals surface area (Å²) in [5, 5.41) is 4.09. The molecule has 1 saturated carbocycles. The van der Waals surface area contributed by atoms with Gasteiger partial charge in [0.05, 0.1) is 0 Å². The zero-order chi connectivity index (χ0) is 11.4. The Morgan fingerprint density at radius 1 is 1.44 bits per heavy atom. The third-order valence-corrected chi connectivity index (χ3v) is 4.01. The fraction of sp³-hybridized carbons (Fsp3) is 0.615. The molecule has 0 amide bonds. The van der Waals surface area contributed by atoms with Gasteiger partial charge in [0.1, 0.15) is 5.15 Å². The molecule has 1 aliphatic rings. The van der Waals surface area contributed by atoms with Crippen LogP contribution >= 0.6 is 11.6 Å². The molecule has 1 aliphatic carbocycles. The van der Waals surface area contributed by atoms with Crippen molar-refractivity contribution in [3.05, 3.63) is 29.0 Å². The normalized spacial score (nSPS) is 18.1. The highest BCUT2D eigenvalue weighted by Gasteiger charge is 2.34. The predicted molar refractivity (Wildman–Crippen MR) is 67.5 cm³/mol. The molecular formula is C13H19ClN2. The lowest BCUT2D eigenvalue weighted by atomic mass is 9.67. The third kappa shape index (κ3) is 2.74. The van der Waals surface area contributed by atoms with Gasteiger partial charge in [0.25, 0.3) is 0 Å². The number of aromatic nitrogens is 1. The standard InChI is InChI=1S/C13H19ClN2/c1-2-13(6-3-7-13)10-15-8-11-4-5-12(14)16-9-11/h4-5,9,15H,2-3,6-8,10H2,1H3. The van der Waals surface area contributed by atoms with E-state index < -0.39 is 0 Å². The van der Waals surface area contributed by atoms with Gasteiger partial charge in [0, 0.05) is 19.3 Å². The van der Waals surface area contributed by atoms with Crippen LogP contribution in [0.25, 0.3) is 0 Å². The molecular weight excluding hydrogens is 220 g/mol. The van der Waals surface area contributed by atoms with Crippen LogP contribution in [-0.2, 0) is 6.54 Å². The molecule has 16 heavy (non-hydrogen) atoms. The summed E-state index contributed by atoms with van der Waals surface area (Å²) in [6, 6.07) is 3.87. The maximum absolute atomic E-state index is 5.74. The van der Waals surface area contributed by atoms with Gasteiger partial charge < -0.3 is 5.32 Å². The lowest BCUT2D eigenvalue weighted by Gasteiger charge is -2.41. The summed E-state index contributed by atoms with van der Waals surface area (Å²) in [6.07, 6.45) is 7.30. The van der Waals surface area contributed by atoms with Gasteiger partial charge in [0.15, 0.2) is 0 Å². The Morgan fingerprint density at radius 3 is 2.75 bits per heavy atom. The van der Waals surface area contributed by atoms with Crippen LogP contribution in [0, 0.1) is 5.41 Å². The van der Waals surface area contributed by atoms with E-state index in [4.69, 9.17) is 11.6 Å². The molecule has 1 heterocycles. The topological polar surface area (TPSA) is 24.9 Å². The van der Waals surface area contributed by atoms with Crippen molar-refractivity contribution in [1.82, 2.24) is 10.3 Å². The Kier molecular flexibility index (Phi) is 3.82. The van der Waals surface area contributed by atoms with Gasteiger partial charge in [-0.2, -0.15) is 0 Å². The van der Waals surface area contributed by atoms with E-state index in [-0.39, 0.29) is 0 Å². The fourth-order valence-electron chi connectivity index (χ4n) is 2.32. The van der Waals surface area contributed by atoms with Crippen molar-refractivity contribution >= 4 is 11.6 Å². The van der Waals surface area contributed by atoms with Crippen LogP contribution in [0.3, 0.4) is 0 Å². The number of nitrogens with one attached hydrogen (secondary N) is 1. The molecule has 0 aromatic carbocycles. The molecule has 0 bridgehead atoms. The second kappa shape index (κ2) is 5.15. The number of halogens is 1. The number of hydrogen-bond donors (Lipinski definition) is 1. The van der Waals surface area contributed by atoms with Crippen LogP contribution in [-0.4, -0.2) is 11.5 Å². The molecule has 0 spiro atoms. The first-order valence-electron chi connectivity index (χ1n) is 6.05. The van der Waals surface area contributed by atoms with Gasteiger partial charge in [-0.05, 0) is 36.3 Å². The van der Waals surface area contributed by atoms with Crippen LogP contribution in [0.15, 0.2) is 18.3 Å². The van der Waals surface area contributed by atoms with Gasteiger partial charge in [-0.25, -0.2) is 4.98 Å². The number of pyridine rings is 1. The maximum atomic E-state index is 5.74. The minimum absolute atomic E-state index is 0.563. The maximum Gasteiger partial charge on any atom is 0.129 e. The lowest BCUT2D eigenvalue weighted by Crippen LogP contribution is -2.39. The zero-order valence-corrected chi connectivity index (χ0v) is 10.6. The molecule has 0 aliphatic heterocycles. The number of nitrogens with zero attached hydrogens (tertiary/aromatic N) is 1. The molecule has 1 aromatic heterocycles. The summed E-state index contributed by atoms with van der Waals surface area (Å²) in [5.74, 6) is 0. The summed E-state index contributed by atoms with van der Waals surface area (Å²) in [5.41, 5.74) is 1.79. The second-order valence-corrected chi connectivity index (χ2v) is 5.19. The van der Waals surface area contributed by atoms with E-state index in [2.05, 4.69) is 17.2 Å². The molecule has 3 heteroatoms. The average molecular weight is 239 g/mol. The molecule has 1 N–H and O–H groups in total. The second-order valence-electron chi connectivity index (χ2n) is 4.80. The Bertz CT molecular complexity index is 325. The van der Waals surface area contributed by atoms with Crippen LogP contribution in [0.5, 0.6) is 0 Å². The molecule has 1 aromatic rings. The highest BCUT2D eigenvalue weighted by atomic mass is 35.5. The van der Waals surface area contributed by atoms with Gasteiger partial charge in [-0.15, -0.1) is 0 Å². The van der Waals surface area contributed by atoms with E-state index in [1.165, 1.54) is 31.2 Å². The summed E-state index contributed by atoms with van der Waals surface area (Å²) < 4.78 is 0. The fourth-order valence-corrected chi connectivity index (χ4v) is 2.43. The minimum Gasteiger partial charge on any atom is -0.312 e. The van der Waals surface area contributed by atoms with Crippen molar-refractivity contribution in [3.8, 4) is 0 Å². The molecule has 0 radical (unpaired) electrons. The van der Waals surface area contributed by atoms with Crippen molar-refractivity contribution in [2.24, 2.45) is 5.41 Å². The first-order valence-corrected chi connectivity index (χ1v) is 6.43. The van der Waals surface area contributed by atoms with Gasteiger partial charge in [0.2, 0.25) is 0 Å². The van der Waals surface area contributed by atoms with Gasteiger partial charge >= 0.3 is 0 Å². The highest BCUT2D eigenvalue weighted by molar-refractivity contribution is 6.29. The first-order chi connectivity index (χ1) is 7.74.